The summed E-state index contributed by atoms with van der Waals surface area (Å²) in [5.74, 6) is -0.319. The van der Waals surface area contributed by atoms with Crippen LogP contribution in [0.4, 0.5) is 0 Å². The molecule has 0 amide bonds. The second-order valence-corrected chi connectivity index (χ2v) is 6.44. The van der Waals surface area contributed by atoms with Gasteiger partial charge in [0, 0.05) is 16.8 Å². The third-order valence-corrected chi connectivity index (χ3v) is 4.63. The Hall–Kier alpha value is -3.52. The van der Waals surface area contributed by atoms with Crippen LogP contribution in [0.25, 0.3) is 28.0 Å². The van der Waals surface area contributed by atoms with Crippen LogP contribution in [0.15, 0.2) is 47.7 Å². The topological polar surface area (TPSA) is 103 Å². The summed E-state index contributed by atoms with van der Waals surface area (Å²) >= 11 is 6.01. The molecule has 0 spiro atoms. The number of H-pyrrole nitrogens is 1. The van der Waals surface area contributed by atoms with Crippen LogP contribution < -0.4 is 5.56 Å². The fraction of sp³-hybridized carbons (Fsp3) is 0.105. The molecule has 4 rings (SSSR count). The van der Waals surface area contributed by atoms with Gasteiger partial charge in [-0.25, -0.2) is 9.89 Å². The van der Waals surface area contributed by atoms with E-state index in [1.165, 1.54) is 18.0 Å². The van der Waals surface area contributed by atoms with Crippen LogP contribution in [0.3, 0.4) is 0 Å². The first kappa shape index (κ1) is 17.9. The first-order chi connectivity index (χ1) is 13.5. The summed E-state index contributed by atoms with van der Waals surface area (Å²) in [5, 5.41) is 7.25. The largest absolute Gasteiger partial charge is 0.465 e. The zero-order valence-corrected chi connectivity index (χ0v) is 15.7. The normalized spacial score (nSPS) is 11.0. The quantitative estimate of drug-likeness (QED) is 0.535. The molecule has 0 saturated carbocycles. The number of aryl methyl sites for hydroxylation is 1. The van der Waals surface area contributed by atoms with Crippen molar-refractivity contribution in [2.45, 2.75) is 6.92 Å². The molecule has 0 unspecified atom stereocenters. The lowest BCUT2D eigenvalue weighted by molar-refractivity contribution is 0.0600. The first-order valence-electron chi connectivity index (χ1n) is 8.27. The van der Waals surface area contributed by atoms with Gasteiger partial charge < -0.3 is 4.74 Å². The molecule has 1 aromatic carbocycles. The van der Waals surface area contributed by atoms with Crippen LogP contribution in [-0.2, 0) is 4.74 Å². The Labute approximate surface area is 163 Å². The maximum Gasteiger partial charge on any atom is 0.340 e. The number of aromatic amines is 1. The van der Waals surface area contributed by atoms with E-state index in [1.807, 2.05) is 0 Å². The van der Waals surface area contributed by atoms with E-state index < -0.39 is 11.5 Å². The number of carbonyl (C=O) groups excluding carboxylic acids is 1. The molecule has 0 aliphatic carbocycles. The summed E-state index contributed by atoms with van der Waals surface area (Å²) in [6.07, 6.45) is 2.86. The zero-order valence-electron chi connectivity index (χ0n) is 14.9. The predicted octanol–water partition coefficient (Wildman–Crippen LogP) is 2.92. The number of hydrogen-bond donors (Lipinski definition) is 1. The number of nitrogens with one attached hydrogen (secondary N) is 1. The Balaban J connectivity index is 2.17. The molecule has 9 heteroatoms. The molecular formula is C19H14ClN5O3. The van der Waals surface area contributed by atoms with Gasteiger partial charge in [0.15, 0.2) is 0 Å². The maximum absolute atomic E-state index is 13.3. The number of hydrogen-bond acceptors (Lipinski definition) is 6. The van der Waals surface area contributed by atoms with E-state index in [0.717, 1.165) is 0 Å². The van der Waals surface area contributed by atoms with E-state index in [4.69, 9.17) is 16.3 Å². The lowest BCUT2D eigenvalue weighted by Gasteiger charge is -2.15. The second kappa shape index (κ2) is 6.90. The van der Waals surface area contributed by atoms with Gasteiger partial charge in [0.05, 0.1) is 29.3 Å². The van der Waals surface area contributed by atoms with Crippen LogP contribution in [0, 0.1) is 6.92 Å². The molecule has 0 aliphatic rings. The van der Waals surface area contributed by atoms with E-state index in [1.54, 1.807) is 43.5 Å². The van der Waals surface area contributed by atoms with E-state index >= 15 is 0 Å². The molecule has 140 valence electrons. The summed E-state index contributed by atoms with van der Waals surface area (Å²) in [7, 11) is 1.29. The number of esters is 1. The number of nitrogens with zero attached hydrogens (tertiary/aromatic N) is 4. The average Bonchev–Trinajstić information content (AvgIpc) is 3.22. The summed E-state index contributed by atoms with van der Waals surface area (Å²) in [6.45, 7) is 1.70. The summed E-state index contributed by atoms with van der Waals surface area (Å²) in [5.41, 5.74) is 1.83. The highest BCUT2D eigenvalue weighted by molar-refractivity contribution is 6.30. The fourth-order valence-electron chi connectivity index (χ4n) is 3.14. The molecule has 0 radical (unpaired) electrons. The molecular weight excluding hydrogens is 382 g/mol. The highest BCUT2D eigenvalue weighted by Gasteiger charge is 2.23. The van der Waals surface area contributed by atoms with Crippen molar-refractivity contribution >= 4 is 28.5 Å². The Kier molecular flexibility index (Phi) is 4.40. The monoisotopic (exact) mass is 395 g/mol. The van der Waals surface area contributed by atoms with E-state index in [0.29, 0.717) is 27.4 Å². The molecule has 0 atom stereocenters. The van der Waals surface area contributed by atoms with E-state index in [2.05, 4.69) is 20.2 Å². The number of aromatic nitrogens is 5. The third-order valence-electron chi connectivity index (χ3n) is 4.37. The molecule has 8 nitrogen and oxygen atoms in total. The number of halogens is 1. The minimum Gasteiger partial charge on any atom is -0.465 e. The van der Waals surface area contributed by atoms with Crippen molar-refractivity contribution in [3.63, 3.8) is 0 Å². The van der Waals surface area contributed by atoms with Gasteiger partial charge >= 0.3 is 5.97 Å². The standard InChI is InChI=1S/C19H14ClN5O3/c1-10-14(18(27)28-2)15(11-3-5-12(20)6-4-11)16-13(23-10)7-8-25(17(16)26)19-21-9-22-24-19/h3-9H,1-2H3,(H,21,22,24). The molecule has 0 fully saturated rings. The van der Waals surface area contributed by atoms with Gasteiger partial charge in [0.2, 0.25) is 5.95 Å². The smallest absolute Gasteiger partial charge is 0.340 e. The molecule has 1 N–H and O–H groups in total. The highest BCUT2D eigenvalue weighted by atomic mass is 35.5. The Bertz CT molecular complexity index is 1250. The van der Waals surface area contributed by atoms with Crippen molar-refractivity contribution in [2.75, 3.05) is 7.11 Å². The maximum atomic E-state index is 13.3. The number of benzene rings is 1. The molecule has 3 aromatic heterocycles. The summed E-state index contributed by atoms with van der Waals surface area (Å²) in [6, 6.07) is 8.56. The number of fused-ring (bicyclic) bond motifs is 1. The van der Waals surface area contributed by atoms with Crippen LogP contribution >= 0.6 is 11.6 Å². The molecule has 3 heterocycles. The summed E-state index contributed by atoms with van der Waals surface area (Å²) in [4.78, 5) is 34.3. The number of carbonyl (C=O) groups is 1. The minimum atomic E-state index is -0.577. The van der Waals surface area contributed by atoms with Gasteiger partial charge in [0.1, 0.15) is 6.33 Å². The number of ether oxygens (including phenoxy) is 1. The molecule has 0 saturated heterocycles. The summed E-state index contributed by atoms with van der Waals surface area (Å²) < 4.78 is 6.26. The molecule has 4 aromatic rings. The van der Waals surface area contributed by atoms with Crippen molar-refractivity contribution < 1.29 is 9.53 Å². The fourth-order valence-corrected chi connectivity index (χ4v) is 3.26. The molecule has 0 bridgehead atoms. The number of methoxy groups -OCH3 is 1. The lowest BCUT2D eigenvalue weighted by atomic mass is 9.95. The van der Waals surface area contributed by atoms with Crippen LogP contribution in [0.5, 0.6) is 0 Å². The van der Waals surface area contributed by atoms with E-state index in [9.17, 15) is 9.59 Å². The predicted molar refractivity (Wildman–Crippen MR) is 104 cm³/mol. The van der Waals surface area contributed by atoms with Crippen molar-refractivity contribution in [1.29, 1.82) is 0 Å². The first-order valence-corrected chi connectivity index (χ1v) is 8.65. The van der Waals surface area contributed by atoms with Crippen molar-refractivity contribution in [3.05, 3.63) is 69.5 Å². The Morgan fingerprint density at radius 1 is 1.21 bits per heavy atom. The van der Waals surface area contributed by atoms with Gasteiger partial charge in [-0.1, -0.05) is 23.7 Å². The number of rotatable bonds is 3. The molecule has 0 aliphatic heterocycles. The van der Waals surface area contributed by atoms with Gasteiger partial charge in [-0.3, -0.25) is 14.3 Å². The Morgan fingerprint density at radius 2 is 1.96 bits per heavy atom. The van der Waals surface area contributed by atoms with Crippen LogP contribution in [-0.4, -0.2) is 37.8 Å². The average molecular weight is 396 g/mol. The van der Waals surface area contributed by atoms with Gasteiger partial charge in [-0.2, -0.15) is 10.1 Å². The zero-order chi connectivity index (χ0) is 19.8. The van der Waals surface area contributed by atoms with E-state index in [-0.39, 0.29) is 16.9 Å². The highest BCUT2D eigenvalue weighted by Crippen LogP contribution is 2.32. The van der Waals surface area contributed by atoms with Crippen LogP contribution in [0.1, 0.15) is 16.1 Å². The number of pyridine rings is 2. The molecule has 28 heavy (non-hydrogen) atoms. The second-order valence-electron chi connectivity index (χ2n) is 6.01. The van der Waals surface area contributed by atoms with Crippen molar-refractivity contribution in [3.8, 4) is 17.1 Å². The van der Waals surface area contributed by atoms with Gasteiger partial charge in [0.25, 0.3) is 5.56 Å². The van der Waals surface area contributed by atoms with Crippen molar-refractivity contribution in [1.82, 2.24) is 24.7 Å². The van der Waals surface area contributed by atoms with Gasteiger partial charge in [-0.15, -0.1) is 0 Å². The Morgan fingerprint density at radius 3 is 2.61 bits per heavy atom. The van der Waals surface area contributed by atoms with Crippen LogP contribution in [0.2, 0.25) is 5.02 Å². The lowest BCUT2D eigenvalue weighted by Crippen LogP contribution is -2.21. The van der Waals surface area contributed by atoms with Gasteiger partial charge in [-0.05, 0) is 30.7 Å². The van der Waals surface area contributed by atoms with Crippen molar-refractivity contribution in [2.24, 2.45) is 0 Å². The minimum absolute atomic E-state index is 0.227. The SMILES string of the molecule is COC(=O)c1c(C)nc2ccn(-c3ncn[nH]3)c(=O)c2c1-c1ccc(Cl)cc1. The third kappa shape index (κ3) is 2.84.